The predicted molar refractivity (Wildman–Crippen MR) is 83.8 cm³/mol. The van der Waals surface area contributed by atoms with Gasteiger partial charge in [-0.05, 0) is 45.9 Å². The molecule has 6 heteroatoms. The maximum atomic E-state index is 11.6. The molecule has 0 spiro atoms. The summed E-state index contributed by atoms with van der Waals surface area (Å²) < 4.78 is 29.0. The lowest BCUT2D eigenvalue weighted by atomic mass is 10.1. The van der Waals surface area contributed by atoms with Gasteiger partial charge < -0.3 is 9.73 Å². The third-order valence-electron chi connectivity index (χ3n) is 3.54. The summed E-state index contributed by atoms with van der Waals surface area (Å²) in [4.78, 5) is 2.16. The Kier molecular flexibility index (Phi) is 5.11. The third kappa shape index (κ3) is 5.80. The van der Waals surface area contributed by atoms with Gasteiger partial charge in [0.25, 0.3) is 0 Å². The first-order valence-corrected chi connectivity index (χ1v) is 9.31. The molecule has 0 atom stereocenters. The third-order valence-corrected chi connectivity index (χ3v) is 5.25. The molecular weight excluding hydrogens is 288 g/mol. The molecule has 2 rings (SSSR count). The fraction of sp³-hybridized carbons (Fsp3) is 0.733. The van der Waals surface area contributed by atoms with Crippen LogP contribution in [-0.4, -0.2) is 43.5 Å². The molecule has 1 N–H and O–H groups in total. The second kappa shape index (κ2) is 6.50. The molecule has 2 heterocycles. The lowest BCUT2D eigenvalue weighted by Crippen LogP contribution is -2.34. The second-order valence-corrected chi connectivity index (χ2v) is 9.06. The van der Waals surface area contributed by atoms with E-state index in [2.05, 4.69) is 31.0 Å². The normalized spacial score (nSPS) is 20.3. The van der Waals surface area contributed by atoms with Crippen molar-refractivity contribution in [2.24, 2.45) is 0 Å². The standard InChI is InChI=1S/C15H26N2O3S/c1-15(2,3)16-11-13-5-6-14(20-13)12-17-7-4-9-21(18,19)10-8-17/h5-6,16H,4,7-12H2,1-3H3. The lowest BCUT2D eigenvalue weighted by molar-refractivity contribution is 0.256. The minimum Gasteiger partial charge on any atom is -0.463 e. The Hall–Kier alpha value is -0.850. The van der Waals surface area contributed by atoms with Gasteiger partial charge in [-0.15, -0.1) is 0 Å². The second-order valence-electron chi connectivity index (χ2n) is 6.75. The Labute approximate surface area is 127 Å². The summed E-state index contributed by atoms with van der Waals surface area (Å²) >= 11 is 0. The molecule has 1 saturated heterocycles. The van der Waals surface area contributed by atoms with Crippen molar-refractivity contribution in [3.63, 3.8) is 0 Å². The van der Waals surface area contributed by atoms with Crippen LogP contribution in [0, 0.1) is 0 Å². The molecule has 1 aliphatic rings. The zero-order chi connectivity index (χ0) is 15.5. The molecule has 0 amide bonds. The van der Waals surface area contributed by atoms with Gasteiger partial charge in [0, 0.05) is 12.1 Å². The fourth-order valence-electron chi connectivity index (χ4n) is 2.32. The quantitative estimate of drug-likeness (QED) is 0.918. The van der Waals surface area contributed by atoms with Gasteiger partial charge in [0.05, 0.1) is 24.6 Å². The van der Waals surface area contributed by atoms with Gasteiger partial charge >= 0.3 is 0 Å². The number of hydrogen-bond acceptors (Lipinski definition) is 5. The van der Waals surface area contributed by atoms with Crippen LogP contribution in [0.25, 0.3) is 0 Å². The highest BCUT2D eigenvalue weighted by Gasteiger charge is 2.20. The topological polar surface area (TPSA) is 62.6 Å². The molecule has 1 fully saturated rings. The van der Waals surface area contributed by atoms with E-state index in [4.69, 9.17) is 4.42 Å². The Morgan fingerprint density at radius 2 is 1.90 bits per heavy atom. The smallest absolute Gasteiger partial charge is 0.151 e. The molecule has 1 aromatic heterocycles. The summed E-state index contributed by atoms with van der Waals surface area (Å²) in [5.74, 6) is 2.39. The van der Waals surface area contributed by atoms with E-state index in [1.165, 1.54) is 0 Å². The molecule has 0 radical (unpaired) electrons. The number of rotatable bonds is 4. The molecule has 120 valence electrons. The largest absolute Gasteiger partial charge is 0.463 e. The van der Waals surface area contributed by atoms with Gasteiger partial charge in [-0.2, -0.15) is 0 Å². The number of sulfone groups is 1. The van der Waals surface area contributed by atoms with Crippen LogP contribution in [0.3, 0.4) is 0 Å². The number of hydrogen-bond donors (Lipinski definition) is 1. The average Bonchev–Trinajstić information content (AvgIpc) is 2.73. The first kappa shape index (κ1) is 16.5. The van der Waals surface area contributed by atoms with Gasteiger partial charge in [0.1, 0.15) is 11.5 Å². The summed E-state index contributed by atoms with van der Waals surface area (Å²) in [6, 6.07) is 3.97. The van der Waals surface area contributed by atoms with Crippen molar-refractivity contribution in [2.75, 3.05) is 24.6 Å². The van der Waals surface area contributed by atoms with Crippen molar-refractivity contribution >= 4 is 9.84 Å². The Balaban J connectivity index is 1.87. The summed E-state index contributed by atoms with van der Waals surface area (Å²) in [5.41, 5.74) is 0.0616. The number of furan rings is 1. The van der Waals surface area contributed by atoms with E-state index in [9.17, 15) is 8.42 Å². The lowest BCUT2D eigenvalue weighted by Gasteiger charge is -2.19. The minimum absolute atomic E-state index is 0.0616. The Morgan fingerprint density at radius 1 is 1.19 bits per heavy atom. The Bertz CT molecular complexity index is 558. The number of nitrogens with zero attached hydrogens (tertiary/aromatic N) is 1. The summed E-state index contributed by atoms with van der Waals surface area (Å²) in [5, 5.41) is 3.39. The summed E-state index contributed by atoms with van der Waals surface area (Å²) in [7, 11) is -2.85. The van der Waals surface area contributed by atoms with Crippen LogP contribution in [-0.2, 0) is 22.9 Å². The minimum atomic E-state index is -2.85. The van der Waals surface area contributed by atoms with Crippen molar-refractivity contribution in [3.8, 4) is 0 Å². The number of nitrogens with one attached hydrogen (secondary N) is 1. The van der Waals surface area contributed by atoms with Crippen LogP contribution in [0.1, 0.15) is 38.7 Å². The van der Waals surface area contributed by atoms with Crippen molar-refractivity contribution in [1.29, 1.82) is 0 Å². The maximum Gasteiger partial charge on any atom is 0.151 e. The average molecular weight is 314 g/mol. The van der Waals surface area contributed by atoms with Gasteiger partial charge in [0.15, 0.2) is 9.84 Å². The summed E-state index contributed by atoms with van der Waals surface area (Å²) in [6.07, 6.45) is 0.710. The van der Waals surface area contributed by atoms with E-state index in [1.54, 1.807) is 0 Å². The molecule has 0 unspecified atom stereocenters. The van der Waals surface area contributed by atoms with Crippen LogP contribution >= 0.6 is 0 Å². The van der Waals surface area contributed by atoms with Crippen molar-refractivity contribution in [1.82, 2.24) is 10.2 Å². The van der Waals surface area contributed by atoms with Crippen molar-refractivity contribution < 1.29 is 12.8 Å². The van der Waals surface area contributed by atoms with Gasteiger partial charge in [-0.25, -0.2) is 8.42 Å². The maximum absolute atomic E-state index is 11.6. The van der Waals surface area contributed by atoms with Gasteiger partial charge in [-0.1, -0.05) is 0 Å². The van der Waals surface area contributed by atoms with E-state index in [-0.39, 0.29) is 11.3 Å². The van der Waals surface area contributed by atoms with Crippen molar-refractivity contribution in [2.45, 2.75) is 45.8 Å². The molecule has 1 aliphatic heterocycles. The highest BCUT2D eigenvalue weighted by molar-refractivity contribution is 7.91. The fourth-order valence-corrected chi connectivity index (χ4v) is 3.63. The zero-order valence-corrected chi connectivity index (χ0v) is 14.0. The van der Waals surface area contributed by atoms with Gasteiger partial charge in [0.2, 0.25) is 0 Å². The predicted octanol–water partition coefficient (Wildman–Crippen LogP) is 1.79. The molecule has 0 aliphatic carbocycles. The molecular formula is C15H26N2O3S. The molecule has 21 heavy (non-hydrogen) atoms. The zero-order valence-electron chi connectivity index (χ0n) is 13.2. The van der Waals surface area contributed by atoms with E-state index in [0.29, 0.717) is 31.8 Å². The van der Waals surface area contributed by atoms with E-state index >= 15 is 0 Å². The van der Waals surface area contributed by atoms with Crippen LogP contribution in [0.2, 0.25) is 0 Å². The molecule has 1 aromatic rings. The first-order chi connectivity index (χ1) is 9.73. The SMILES string of the molecule is CC(C)(C)NCc1ccc(CN2CCCS(=O)(=O)CC2)o1. The van der Waals surface area contributed by atoms with Crippen molar-refractivity contribution in [3.05, 3.63) is 23.7 Å². The van der Waals surface area contributed by atoms with Crippen LogP contribution in [0.15, 0.2) is 16.5 Å². The molecule has 0 bridgehead atoms. The van der Waals surface area contributed by atoms with Crippen LogP contribution < -0.4 is 5.32 Å². The van der Waals surface area contributed by atoms with Crippen LogP contribution in [0.4, 0.5) is 0 Å². The van der Waals surface area contributed by atoms with E-state index in [0.717, 1.165) is 18.1 Å². The monoisotopic (exact) mass is 314 g/mol. The molecule has 5 nitrogen and oxygen atoms in total. The highest BCUT2D eigenvalue weighted by atomic mass is 32.2. The molecule has 0 saturated carbocycles. The Morgan fingerprint density at radius 3 is 2.62 bits per heavy atom. The first-order valence-electron chi connectivity index (χ1n) is 7.49. The highest BCUT2D eigenvalue weighted by Crippen LogP contribution is 2.14. The molecule has 0 aromatic carbocycles. The van der Waals surface area contributed by atoms with Gasteiger partial charge in [-0.3, -0.25) is 4.90 Å². The van der Waals surface area contributed by atoms with Crippen LogP contribution in [0.5, 0.6) is 0 Å². The summed E-state index contributed by atoms with van der Waals surface area (Å²) in [6.45, 7) is 9.16. The van der Waals surface area contributed by atoms with E-state index in [1.807, 2.05) is 12.1 Å². The van der Waals surface area contributed by atoms with E-state index < -0.39 is 9.84 Å².